The van der Waals surface area contributed by atoms with Gasteiger partial charge in [0.05, 0.1) is 108 Å². The van der Waals surface area contributed by atoms with Crippen LogP contribution >= 0.6 is 0 Å². The minimum atomic E-state index is -0.443. The number of ether oxygens (including phenoxy) is 3. The summed E-state index contributed by atoms with van der Waals surface area (Å²) in [6, 6.07) is 29.6. The number of nitrogen functional groups attached to an aromatic ring is 4. The van der Waals surface area contributed by atoms with Gasteiger partial charge in [0.15, 0.2) is 0 Å². The van der Waals surface area contributed by atoms with E-state index < -0.39 is 11.1 Å². The molecule has 0 amide bonds. The van der Waals surface area contributed by atoms with E-state index in [4.69, 9.17) is 42.0 Å². The number of para-hydroxylation sites is 1. The third kappa shape index (κ3) is 19.2. The van der Waals surface area contributed by atoms with Crippen LogP contribution in [0.2, 0.25) is 0 Å². The summed E-state index contributed by atoms with van der Waals surface area (Å²) < 4.78 is 16.2. The van der Waals surface area contributed by atoms with E-state index >= 15 is 0 Å². The van der Waals surface area contributed by atoms with Gasteiger partial charge in [-0.2, -0.15) is 0 Å². The molecule has 7 aromatic heterocycles. The number of rotatable bonds is 21. The quantitative estimate of drug-likeness (QED) is 0.0270. The monoisotopic (exact) mass is 1290 g/mol. The first kappa shape index (κ1) is 67.8. The lowest BCUT2D eigenvalue weighted by Crippen LogP contribution is -2.36. The number of oxime groups is 4. The molecule has 0 aliphatic carbocycles. The fourth-order valence-electron chi connectivity index (χ4n) is 8.46. The van der Waals surface area contributed by atoms with Crippen molar-refractivity contribution >= 4 is 105 Å². The van der Waals surface area contributed by atoms with E-state index in [1.165, 1.54) is 78.6 Å². The molecule has 1 fully saturated rings. The van der Waals surface area contributed by atoms with Crippen LogP contribution < -0.4 is 69.7 Å². The number of anilines is 12. The number of aromatic nitrogens is 12. The molecule has 0 unspecified atom stereocenters. The second kappa shape index (κ2) is 34.7. The lowest BCUT2D eigenvalue weighted by atomic mass is 10.1. The smallest absolute Gasteiger partial charge is 0.272 e. The third-order valence-electron chi connectivity index (χ3n) is 13.2. The number of nitrogens with two attached hydrogens (primary N) is 4. The Kier molecular flexibility index (Phi) is 24.8. The third-order valence-corrected chi connectivity index (χ3v) is 13.2. The van der Waals surface area contributed by atoms with Crippen molar-refractivity contribution in [2.75, 3.05) is 111 Å². The summed E-state index contributed by atoms with van der Waals surface area (Å²) in [5, 5.41) is 32.4. The number of aromatic amines is 2. The first-order valence-corrected chi connectivity index (χ1v) is 28.4. The van der Waals surface area contributed by atoms with Crippen molar-refractivity contribution in [2.24, 2.45) is 20.6 Å². The van der Waals surface area contributed by atoms with E-state index in [0.29, 0.717) is 74.4 Å². The number of hydrogen-bond acceptors (Lipinski definition) is 32. The first-order valence-electron chi connectivity index (χ1n) is 28.4. The number of methoxy groups -OCH3 is 1. The molecule has 1 aliphatic rings. The molecule has 95 heavy (non-hydrogen) atoms. The van der Waals surface area contributed by atoms with Crippen LogP contribution in [0.15, 0.2) is 165 Å². The Bertz CT molecular complexity index is 4330. The van der Waals surface area contributed by atoms with Gasteiger partial charge in [-0.25, -0.2) is 49.8 Å². The molecule has 11 rings (SSSR count). The summed E-state index contributed by atoms with van der Waals surface area (Å²) >= 11 is 0. The van der Waals surface area contributed by atoms with Crippen molar-refractivity contribution in [3.63, 3.8) is 0 Å². The van der Waals surface area contributed by atoms with Crippen molar-refractivity contribution in [1.29, 1.82) is 0 Å². The van der Waals surface area contributed by atoms with Crippen molar-refractivity contribution in [3.8, 4) is 17.4 Å². The van der Waals surface area contributed by atoms with Gasteiger partial charge in [0.2, 0.25) is 5.88 Å². The molecule has 0 bridgehead atoms. The highest BCUT2D eigenvalue weighted by atomic mass is 16.6. The van der Waals surface area contributed by atoms with Crippen LogP contribution in [0.5, 0.6) is 17.4 Å². The first-order chi connectivity index (χ1) is 46.3. The van der Waals surface area contributed by atoms with Crippen LogP contribution in [-0.4, -0.2) is 147 Å². The molecular formula is C61H67N25O9. The average Bonchev–Trinajstić information content (AvgIpc) is 0.836. The van der Waals surface area contributed by atoms with E-state index in [9.17, 15) is 9.59 Å². The van der Waals surface area contributed by atoms with Gasteiger partial charge in [0.25, 0.3) is 11.1 Å². The Balaban J connectivity index is 0.000000162. The standard InChI is InChI=1S/C17H16N6O2.C15H19N7O2.C15H19N5O2.C14H13N7O3/c1-24-22-10-14-16(18)20-11-21-17(14)23-12-7-8-15(19-9-12)25-13-5-3-2-4-6-13;1-23-20-9-12-14(16)18-10-19-15(12)21-11-2-3-13(17-8-11)22-4-6-24-7-5-22;1-10(11-4-6-12(21-2)7-5-11)20-15-13(8-19-22-3)14(16)17-9-18-15;1-24-18-5-8-11(15)16-6-17-12(8)19-9-4-2-3-7-10(9)14(23)21-20-13(7)22/h2-11H,1H3,(H3,18,20,21,23);2-3,8-10H,4-7H2,1H3,(H3,16,18,19,21);4-10H,1-3H3,(H3,16,17,18,20);2-6H,1H3,(H,20,22)(H,21,23)(H3,15,16,17,19)/b22-10+;20-9+;19-8+;18-5+/t;;10-;/m..0./s1. The van der Waals surface area contributed by atoms with E-state index in [2.05, 4.69) is 121 Å². The minimum absolute atomic E-state index is 0.0231. The fraction of sp³-hybridized carbons (Fsp3) is 0.180. The Morgan fingerprint density at radius 2 is 1.00 bits per heavy atom. The zero-order valence-electron chi connectivity index (χ0n) is 52.1. The highest BCUT2D eigenvalue weighted by molar-refractivity contribution is 5.98. The molecule has 14 N–H and O–H groups in total. The maximum Gasteiger partial charge on any atom is 0.272 e. The van der Waals surface area contributed by atoms with Gasteiger partial charge in [-0.3, -0.25) is 19.8 Å². The number of hydrogen-bond donors (Lipinski definition) is 10. The van der Waals surface area contributed by atoms with Crippen molar-refractivity contribution in [2.45, 2.75) is 13.0 Å². The molecule has 1 aliphatic heterocycles. The van der Waals surface area contributed by atoms with Crippen molar-refractivity contribution in [1.82, 2.24) is 60.0 Å². The van der Waals surface area contributed by atoms with Crippen molar-refractivity contribution in [3.05, 3.63) is 183 Å². The van der Waals surface area contributed by atoms with Gasteiger partial charge in [-0.1, -0.05) is 57.0 Å². The second-order valence-electron chi connectivity index (χ2n) is 19.2. The van der Waals surface area contributed by atoms with Crippen molar-refractivity contribution < 1.29 is 33.6 Å². The number of nitrogens with one attached hydrogen (secondary N) is 6. The normalized spacial score (nSPS) is 12.1. The predicted molar refractivity (Wildman–Crippen MR) is 362 cm³/mol. The predicted octanol–water partition coefficient (Wildman–Crippen LogP) is 6.52. The number of H-pyrrole nitrogens is 2. The van der Waals surface area contributed by atoms with E-state index in [0.717, 1.165) is 54.9 Å². The minimum Gasteiger partial charge on any atom is -0.497 e. The second-order valence-corrected chi connectivity index (χ2v) is 19.2. The molecule has 0 saturated carbocycles. The van der Waals surface area contributed by atoms with Crippen LogP contribution in [0.1, 0.15) is 40.8 Å². The number of benzene rings is 3. The Hall–Kier alpha value is -13.1. The number of morpholine rings is 1. The summed E-state index contributed by atoms with van der Waals surface area (Å²) in [6.07, 6.45) is 14.5. The van der Waals surface area contributed by atoms with Gasteiger partial charge >= 0.3 is 0 Å². The molecule has 490 valence electrons. The van der Waals surface area contributed by atoms with Gasteiger partial charge in [0.1, 0.15) is 118 Å². The largest absolute Gasteiger partial charge is 0.497 e. The molecule has 34 nitrogen and oxygen atoms in total. The maximum absolute atomic E-state index is 12.1. The Morgan fingerprint density at radius 3 is 1.48 bits per heavy atom. The molecule has 10 aromatic rings. The summed E-state index contributed by atoms with van der Waals surface area (Å²) in [5.74, 6) is 5.99. The zero-order chi connectivity index (χ0) is 67.3. The van der Waals surface area contributed by atoms with Crippen LogP contribution in [-0.2, 0) is 24.1 Å². The lowest BCUT2D eigenvalue weighted by Gasteiger charge is -2.27. The van der Waals surface area contributed by atoms with Gasteiger partial charge < -0.3 is 82.7 Å². The molecule has 1 saturated heterocycles. The molecule has 34 heteroatoms. The summed E-state index contributed by atoms with van der Waals surface area (Å²) in [7, 11) is 7.39. The Morgan fingerprint density at radius 1 is 0.516 bits per heavy atom. The Labute approximate surface area is 541 Å². The fourth-order valence-corrected chi connectivity index (χ4v) is 8.46. The number of fused-ring (bicyclic) bond motifs is 1. The molecule has 0 radical (unpaired) electrons. The van der Waals surface area contributed by atoms with Gasteiger partial charge in [-0.05, 0) is 67.1 Å². The lowest BCUT2D eigenvalue weighted by molar-refractivity contribution is 0.122. The van der Waals surface area contributed by atoms with Crippen LogP contribution in [0, 0.1) is 0 Å². The SMILES string of the molecule is CO/N=C/c1c(N)ncnc1N[C@@H](C)c1ccc(OC)cc1.CO/N=C/c1c(N)ncnc1Nc1ccc(N2CCOCC2)nc1.CO/N=C/c1c(N)ncnc1Nc1ccc(Oc2ccccc2)nc1.CO/N=C/c1c(N)ncnc1Nc1cccc2c(=O)[nH][nH]c(=O)c12. The number of nitrogens with zero attached hydrogens (tertiary/aromatic N) is 15. The highest BCUT2D eigenvalue weighted by Gasteiger charge is 2.17. The zero-order valence-corrected chi connectivity index (χ0v) is 52.1. The van der Waals surface area contributed by atoms with Gasteiger partial charge in [0, 0.05) is 25.2 Å². The van der Waals surface area contributed by atoms with Crippen LogP contribution in [0.3, 0.4) is 0 Å². The molecule has 8 heterocycles. The molecule has 0 spiro atoms. The topological polar surface area (TPSA) is 464 Å². The molecular weight excluding hydrogens is 1230 g/mol. The van der Waals surface area contributed by atoms with E-state index in [1.807, 2.05) is 79.7 Å². The maximum atomic E-state index is 12.1. The van der Waals surface area contributed by atoms with Crippen LogP contribution in [0.25, 0.3) is 10.8 Å². The molecule has 1 atom stereocenters. The average molecular weight is 1290 g/mol. The molecule has 3 aromatic carbocycles. The highest BCUT2D eigenvalue weighted by Crippen LogP contribution is 2.28. The van der Waals surface area contributed by atoms with Gasteiger partial charge in [-0.15, -0.1) is 0 Å². The van der Waals surface area contributed by atoms with E-state index in [-0.39, 0.29) is 28.5 Å². The summed E-state index contributed by atoms with van der Waals surface area (Å²) in [4.78, 5) is 86.0. The number of pyridine rings is 2. The van der Waals surface area contributed by atoms with Crippen LogP contribution in [0.4, 0.5) is 69.4 Å². The summed E-state index contributed by atoms with van der Waals surface area (Å²) in [5.41, 5.74) is 27.6. The van der Waals surface area contributed by atoms with E-state index in [1.54, 1.807) is 43.8 Å². The summed E-state index contributed by atoms with van der Waals surface area (Å²) in [6.45, 7) is 5.17.